The van der Waals surface area contributed by atoms with E-state index >= 15 is 0 Å². The molecule has 1 aromatic heterocycles. The molecule has 1 unspecified atom stereocenters. The van der Waals surface area contributed by atoms with Crippen molar-refractivity contribution in [2.24, 2.45) is 5.73 Å². The molecule has 0 spiro atoms. The summed E-state index contributed by atoms with van der Waals surface area (Å²) in [5, 5.41) is 1.10. The summed E-state index contributed by atoms with van der Waals surface area (Å²) in [6, 6.07) is 0.0740. The molecule has 1 aromatic rings. The Labute approximate surface area is 89.4 Å². The summed E-state index contributed by atoms with van der Waals surface area (Å²) in [4.78, 5) is 5.55. The lowest BCUT2D eigenvalue weighted by molar-refractivity contribution is 0.779. The molecule has 0 aliphatic rings. The summed E-state index contributed by atoms with van der Waals surface area (Å²) in [5.74, 6) is 0. The van der Waals surface area contributed by atoms with Crippen molar-refractivity contribution in [3.05, 3.63) is 15.6 Å². The van der Waals surface area contributed by atoms with Gasteiger partial charge >= 0.3 is 0 Å². The number of thiazole rings is 1. The second kappa shape index (κ2) is 5.75. The van der Waals surface area contributed by atoms with Crippen LogP contribution >= 0.6 is 36.2 Å². The Balaban J connectivity index is 0. The van der Waals surface area contributed by atoms with Gasteiger partial charge in [-0.15, -0.1) is 36.2 Å². The minimum Gasteiger partial charge on any atom is -0.323 e. The molecule has 12 heavy (non-hydrogen) atoms. The van der Waals surface area contributed by atoms with Gasteiger partial charge in [0.2, 0.25) is 0 Å². The normalized spacial score (nSPS) is 11.3. The Morgan fingerprint density at radius 1 is 1.33 bits per heavy atom. The predicted molar refractivity (Wildman–Crippen MR) is 58.7 cm³/mol. The molecule has 1 atom stereocenters. The Hall–Kier alpha value is 0.170. The van der Waals surface area contributed by atoms with Gasteiger partial charge in [-0.05, 0) is 20.8 Å². The molecule has 0 aromatic carbocycles. The minimum atomic E-state index is 0. The van der Waals surface area contributed by atoms with Crippen LogP contribution in [0.25, 0.3) is 0 Å². The van der Waals surface area contributed by atoms with Crippen LogP contribution in [0.5, 0.6) is 0 Å². The number of halogens is 2. The van der Waals surface area contributed by atoms with Crippen molar-refractivity contribution in [3.8, 4) is 0 Å². The Morgan fingerprint density at radius 3 is 2.00 bits per heavy atom. The lowest BCUT2D eigenvalue weighted by atomic mass is 10.2. The molecule has 1 rings (SSSR count). The standard InChI is InChI=1S/C7H12N2S.2ClH/c1-4(8)7-5(2)10-6(3)9-7;;/h4H,8H2,1-3H3;2*1H. The molecule has 0 saturated carbocycles. The van der Waals surface area contributed by atoms with Crippen LogP contribution in [0.4, 0.5) is 0 Å². The summed E-state index contributed by atoms with van der Waals surface area (Å²) >= 11 is 1.71. The van der Waals surface area contributed by atoms with E-state index in [0.29, 0.717) is 0 Å². The Bertz CT molecular complexity index is 235. The molecule has 0 saturated heterocycles. The Kier molecular flexibility index (Phi) is 7.04. The second-order valence-electron chi connectivity index (χ2n) is 2.46. The van der Waals surface area contributed by atoms with E-state index in [-0.39, 0.29) is 30.9 Å². The van der Waals surface area contributed by atoms with Crippen LogP contribution in [0.2, 0.25) is 0 Å². The molecular formula is C7H14Cl2N2S. The average Bonchev–Trinajstić information content (AvgIpc) is 2.10. The highest BCUT2D eigenvalue weighted by Crippen LogP contribution is 2.20. The molecule has 0 amide bonds. The van der Waals surface area contributed by atoms with E-state index in [1.807, 2.05) is 13.8 Å². The third-order valence-electron chi connectivity index (χ3n) is 1.37. The van der Waals surface area contributed by atoms with Gasteiger partial charge in [-0.2, -0.15) is 0 Å². The number of hydrogen-bond donors (Lipinski definition) is 1. The van der Waals surface area contributed by atoms with E-state index < -0.39 is 0 Å². The zero-order valence-corrected chi connectivity index (χ0v) is 9.78. The van der Waals surface area contributed by atoms with Gasteiger partial charge in [0.05, 0.1) is 10.7 Å². The molecule has 5 heteroatoms. The third-order valence-corrected chi connectivity index (χ3v) is 2.27. The molecule has 0 bridgehead atoms. The van der Waals surface area contributed by atoms with Crippen LogP contribution in [0.3, 0.4) is 0 Å². The number of hydrogen-bond acceptors (Lipinski definition) is 3. The maximum absolute atomic E-state index is 5.67. The molecular weight excluding hydrogens is 215 g/mol. The quantitative estimate of drug-likeness (QED) is 0.803. The van der Waals surface area contributed by atoms with Crippen molar-refractivity contribution in [1.29, 1.82) is 0 Å². The van der Waals surface area contributed by atoms with Gasteiger partial charge in [-0.25, -0.2) is 4.98 Å². The van der Waals surface area contributed by atoms with Crippen molar-refractivity contribution < 1.29 is 0 Å². The lowest BCUT2D eigenvalue weighted by Crippen LogP contribution is -2.06. The van der Waals surface area contributed by atoms with Crippen LogP contribution in [-0.4, -0.2) is 4.98 Å². The van der Waals surface area contributed by atoms with Crippen molar-refractivity contribution in [2.75, 3.05) is 0 Å². The summed E-state index contributed by atoms with van der Waals surface area (Å²) in [6.45, 7) is 6.02. The number of aryl methyl sites for hydroxylation is 2. The van der Waals surface area contributed by atoms with Gasteiger partial charge in [0, 0.05) is 10.9 Å². The smallest absolute Gasteiger partial charge is 0.0900 e. The first-order valence-electron chi connectivity index (χ1n) is 3.30. The zero-order chi connectivity index (χ0) is 7.72. The summed E-state index contributed by atoms with van der Waals surface area (Å²) in [5.41, 5.74) is 6.72. The molecule has 72 valence electrons. The van der Waals surface area contributed by atoms with Crippen molar-refractivity contribution in [3.63, 3.8) is 0 Å². The highest BCUT2D eigenvalue weighted by Gasteiger charge is 2.07. The van der Waals surface area contributed by atoms with E-state index in [9.17, 15) is 0 Å². The van der Waals surface area contributed by atoms with Gasteiger partial charge in [0.1, 0.15) is 0 Å². The first-order valence-corrected chi connectivity index (χ1v) is 4.12. The van der Waals surface area contributed by atoms with E-state index in [1.54, 1.807) is 11.3 Å². The Morgan fingerprint density at radius 2 is 1.83 bits per heavy atom. The van der Waals surface area contributed by atoms with Gasteiger partial charge in [0.25, 0.3) is 0 Å². The van der Waals surface area contributed by atoms with E-state index in [2.05, 4.69) is 11.9 Å². The topological polar surface area (TPSA) is 38.9 Å². The zero-order valence-electron chi connectivity index (χ0n) is 7.33. The number of rotatable bonds is 1. The highest BCUT2D eigenvalue weighted by molar-refractivity contribution is 7.11. The number of nitrogens with two attached hydrogens (primary N) is 1. The average molecular weight is 229 g/mol. The van der Waals surface area contributed by atoms with E-state index in [1.165, 1.54) is 4.88 Å². The van der Waals surface area contributed by atoms with Gasteiger partial charge in [-0.3, -0.25) is 0 Å². The summed E-state index contributed by atoms with van der Waals surface area (Å²) in [7, 11) is 0. The first kappa shape index (κ1) is 14.7. The van der Waals surface area contributed by atoms with Gasteiger partial charge in [0.15, 0.2) is 0 Å². The largest absolute Gasteiger partial charge is 0.323 e. The van der Waals surface area contributed by atoms with Crippen LogP contribution < -0.4 is 5.73 Å². The lowest BCUT2D eigenvalue weighted by Gasteiger charge is -1.99. The van der Waals surface area contributed by atoms with Gasteiger partial charge < -0.3 is 5.73 Å². The van der Waals surface area contributed by atoms with Crippen LogP contribution in [0.1, 0.15) is 28.5 Å². The maximum Gasteiger partial charge on any atom is 0.0900 e. The molecule has 0 fully saturated rings. The molecule has 0 aliphatic carbocycles. The fraction of sp³-hybridized carbons (Fsp3) is 0.571. The molecule has 2 nitrogen and oxygen atoms in total. The van der Waals surface area contributed by atoms with E-state index in [0.717, 1.165) is 10.7 Å². The fourth-order valence-electron chi connectivity index (χ4n) is 0.967. The SMILES string of the molecule is Cc1nc(C(C)N)c(C)s1.Cl.Cl. The predicted octanol–water partition coefficient (Wildman–Crippen LogP) is 2.62. The minimum absolute atomic E-state index is 0. The third kappa shape index (κ3) is 3.27. The van der Waals surface area contributed by atoms with Crippen LogP contribution in [-0.2, 0) is 0 Å². The van der Waals surface area contributed by atoms with Gasteiger partial charge in [-0.1, -0.05) is 0 Å². The molecule has 0 radical (unpaired) electrons. The number of nitrogens with zero attached hydrogens (tertiary/aromatic N) is 1. The molecule has 0 aliphatic heterocycles. The van der Waals surface area contributed by atoms with Crippen molar-refractivity contribution >= 4 is 36.2 Å². The maximum atomic E-state index is 5.67. The van der Waals surface area contributed by atoms with Crippen molar-refractivity contribution in [2.45, 2.75) is 26.8 Å². The fourth-order valence-corrected chi connectivity index (χ4v) is 1.89. The number of aromatic nitrogens is 1. The van der Waals surface area contributed by atoms with Crippen LogP contribution in [0.15, 0.2) is 0 Å². The molecule has 1 heterocycles. The summed E-state index contributed by atoms with van der Waals surface area (Å²) in [6.07, 6.45) is 0. The first-order chi connectivity index (χ1) is 4.61. The second-order valence-corrected chi connectivity index (χ2v) is 3.87. The molecule has 2 N–H and O–H groups in total. The van der Waals surface area contributed by atoms with Crippen molar-refractivity contribution in [1.82, 2.24) is 4.98 Å². The van der Waals surface area contributed by atoms with E-state index in [4.69, 9.17) is 5.73 Å². The summed E-state index contributed by atoms with van der Waals surface area (Å²) < 4.78 is 0. The monoisotopic (exact) mass is 228 g/mol. The highest BCUT2D eigenvalue weighted by atomic mass is 35.5. The van der Waals surface area contributed by atoms with Crippen LogP contribution in [0, 0.1) is 13.8 Å².